The van der Waals surface area contributed by atoms with E-state index in [1.165, 1.54) is 6.07 Å². The lowest BCUT2D eigenvalue weighted by atomic mass is 10.0. The van der Waals surface area contributed by atoms with Crippen LogP contribution in [0.4, 0.5) is 5.69 Å². The van der Waals surface area contributed by atoms with Gasteiger partial charge in [0.25, 0.3) is 5.69 Å². The van der Waals surface area contributed by atoms with Crippen LogP contribution in [0.25, 0.3) is 0 Å². The first-order valence-electron chi connectivity index (χ1n) is 4.01. The zero-order valence-electron chi connectivity index (χ0n) is 7.79. The van der Waals surface area contributed by atoms with Crippen LogP contribution >= 0.6 is 27.5 Å². The third-order valence-corrected chi connectivity index (χ3v) is 3.08. The van der Waals surface area contributed by atoms with Crippen LogP contribution in [0.2, 0.25) is 0 Å². The van der Waals surface area contributed by atoms with Crippen molar-refractivity contribution in [3.05, 3.63) is 37.8 Å². The molecular weight excluding hydrogens is 285 g/mol. The number of halogens is 2. The normalized spacial score (nSPS) is 10.1. The number of alkyl halides is 1. The van der Waals surface area contributed by atoms with Gasteiger partial charge in [0.2, 0.25) is 0 Å². The SMILES string of the molecule is Cc1c(Br)ccc([N+](=O)[O-])c1C(=O)CCl. The first-order valence-corrected chi connectivity index (χ1v) is 5.34. The zero-order chi connectivity index (χ0) is 11.6. The first-order chi connectivity index (χ1) is 6.99. The van der Waals surface area contributed by atoms with Gasteiger partial charge in [-0.2, -0.15) is 0 Å². The molecule has 0 radical (unpaired) electrons. The summed E-state index contributed by atoms with van der Waals surface area (Å²) >= 11 is 8.61. The van der Waals surface area contributed by atoms with Crippen LogP contribution in [0.15, 0.2) is 16.6 Å². The molecule has 0 saturated heterocycles. The van der Waals surface area contributed by atoms with Crippen LogP contribution in [-0.4, -0.2) is 16.6 Å². The minimum atomic E-state index is -0.584. The molecule has 1 aromatic rings. The van der Waals surface area contributed by atoms with Crippen molar-refractivity contribution in [2.24, 2.45) is 0 Å². The quantitative estimate of drug-likeness (QED) is 0.372. The standard InChI is InChI=1S/C9H7BrClNO3/c1-5-6(10)2-3-7(12(14)15)9(5)8(13)4-11/h2-3H,4H2,1H3. The van der Waals surface area contributed by atoms with E-state index in [4.69, 9.17) is 11.6 Å². The van der Waals surface area contributed by atoms with E-state index < -0.39 is 10.7 Å². The Kier molecular flexibility index (Phi) is 3.82. The summed E-state index contributed by atoms with van der Waals surface area (Å²) in [5.74, 6) is -0.708. The van der Waals surface area contributed by atoms with E-state index in [2.05, 4.69) is 15.9 Å². The maximum absolute atomic E-state index is 11.5. The molecule has 0 N–H and O–H groups in total. The van der Waals surface area contributed by atoms with Crippen molar-refractivity contribution in [1.29, 1.82) is 0 Å². The van der Waals surface area contributed by atoms with Crippen molar-refractivity contribution in [3.8, 4) is 0 Å². The fraction of sp³-hybridized carbons (Fsp3) is 0.222. The van der Waals surface area contributed by atoms with E-state index >= 15 is 0 Å². The number of nitro groups is 1. The highest BCUT2D eigenvalue weighted by Crippen LogP contribution is 2.28. The van der Waals surface area contributed by atoms with Gasteiger partial charge in [-0.15, -0.1) is 11.6 Å². The van der Waals surface area contributed by atoms with Crippen LogP contribution in [0.5, 0.6) is 0 Å². The van der Waals surface area contributed by atoms with E-state index in [0.29, 0.717) is 10.0 Å². The lowest BCUT2D eigenvalue weighted by Gasteiger charge is -2.05. The van der Waals surface area contributed by atoms with Gasteiger partial charge in [-0.1, -0.05) is 15.9 Å². The molecule has 0 bridgehead atoms. The Morgan fingerprint density at radius 2 is 2.20 bits per heavy atom. The molecule has 0 atom stereocenters. The average Bonchev–Trinajstić information content (AvgIpc) is 2.20. The molecule has 0 amide bonds. The number of rotatable bonds is 3. The van der Waals surface area contributed by atoms with Crippen molar-refractivity contribution >= 4 is 39.0 Å². The second-order valence-electron chi connectivity index (χ2n) is 2.88. The smallest absolute Gasteiger partial charge is 0.280 e. The number of hydrogen-bond acceptors (Lipinski definition) is 3. The maximum atomic E-state index is 11.5. The highest BCUT2D eigenvalue weighted by atomic mass is 79.9. The number of Topliss-reactive ketones (excluding diaryl/α,β-unsaturated/α-hetero) is 1. The number of carbonyl (C=O) groups is 1. The average molecular weight is 293 g/mol. The highest BCUT2D eigenvalue weighted by Gasteiger charge is 2.22. The lowest BCUT2D eigenvalue weighted by molar-refractivity contribution is -0.385. The van der Waals surface area contributed by atoms with Crippen LogP contribution in [0.1, 0.15) is 15.9 Å². The molecule has 0 unspecified atom stereocenters. The van der Waals surface area contributed by atoms with E-state index in [-0.39, 0.29) is 17.1 Å². The Hall–Kier alpha value is -0.940. The second-order valence-corrected chi connectivity index (χ2v) is 4.00. The largest absolute Gasteiger partial charge is 0.293 e. The summed E-state index contributed by atoms with van der Waals surface area (Å²) < 4.78 is 0.654. The Labute approximate surface area is 99.5 Å². The first kappa shape index (κ1) is 12.1. The topological polar surface area (TPSA) is 60.2 Å². The summed E-state index contributed by atoms with van der Waals surface area (Å²) in [7, 11) is 0. The van der Waals surface area contributed by atoms with Crippen molar-refractivity contribution in [1.82, 2.24) is 0 Å². The Morgan fingerprint density at radius 1 is 1.60 bits per heavy atom. The van der Waals surface area contributed by atoms with Gasteiger partial charge >= 0.3 is 0 Å². The molecule has 0 aliphatic carbocycles. The van der Waals surface area contributed by atoms with E-state index in [1.54, 1.807) is 13.0 Å². The lowest BCUT2D eigenvalue weighted by Crippen LogP contribution is -2.07. The Balaban J connectivity index is 3.48. The van der Waals surface area contributed by atoms with Gasteiger partial charge < -0.3 is 0 Å². The molecule has 4 nitrogen and oxygen atoms in total. The number of hydrogen-bond donors (Lipinski definition) is 0. The summed E-state index contributed by atoms with van der Waals surface area (Å²) in [6.45, 7) is 1.64. The minimum Gasteiger partial charge on any atom is -0.293 e. The summed E-state index contributed by atoms with van der Waals surface area (Å²) in [4.78, 5) is 21.6. The summed E-state index contributed by atoms with van der Waals surface area (Å²) in [6.07, 6.45) is 0. The molecule has 0 aliphatic rings. The molecule has 0 aliphatic heterocycles. The summed E-state index contributed by atoms with van der Waals surface area (Å²) in [5, 5.41) is 10.7. The fourth-order valence-electron chi connectivity index (χ4n) is 1.24. The van der Waals surface area contributed by atoms with Gasteiger partial charge in [-0.3, -0.25) is 14.9 Å². The third-order valence-electron chi connectivity index (χ3n) is 1.97. The number of nitro benzene ring substituents is 1. The van der Waals surface area contributed by atoms with Gasteiger partial charge in [-0.05, 0) is 18.6 Å². The van der Waals surface area contributed by atoms with Gasteiger partial charge in [0.1, 0.15) is 5.56 Å². The Morgan fingerprint density at radius 3 is 2.67 bits per heavy atom. The summed E-state index contributed by atoms with van der Waals surface area (Å²) in [6, 6.07) is 2.83. The molecule has 1 rings (SSSR count). The monoisotopic (exact) mass is 291 g/mol. The van der Waals surface area contributed by atoms with Crippen molar-refractivity contribution in [3.63, 3.8) is 0 Å². The van der Waals surface area contributed by atoms with Crippen molar-refractivity contribution in [2.75, 3.05) is 5.88 Å². The predicted octanol–water partition coefficient (Wildman–Crippen LogP) is 3.09. The van der Waals surface area contributed by atoms with Crippen LogP contribution in [-0.2, 0) is 0 Å². The molecule has 0 spiro atoms. The predicted molar refractivity (Wildman–Crippen MR) is 60.6 cm³/mol. The fourth-order valence-corrected chi connectivity index (χ4v) is 1.71. The molecule has 0 fully saturated rings. The Bertz CT molecular complexity index is 434. The molecule has 15 heavy (non-hydrogen) atoms. The van der Waals surface area contributed by atoms with E-state index in [9.17, 15) is 14.9 Å². The van der Waals surface area contributed by atoms with Crippen LogP contribution < -0.4 is 0 Å². The summed E-state index contributed by atoms with van der Waals surface area (Å²) in [5.41, 5.74) is 0.403. The molecule has 1 aromatic carbocycles. The number of ketones is 1. The van der Waals surface area contributed by atoms with Gasteiger partial charge in [0.15, 0.2) is 5.78 Å². The van der Waals surface area contributed by atoms with Crippen molar-refractivity contribution < 1.29 is 9.72 Å². The van der Waals surface area contributed by atoms with Gasteiger partial charge in [-0.25, -0.2) is 0 Å². The molecule has 6 heteroatoms. The maximum Gasteiger partial charge on any atom is 0.280 e. The van der Waals surface area contributed by atoms with Crippen LogP contribution in [0.3, 0.4) is 0 Å². The number of nitrogens with zero attached hydrogens (tertiary/aromatic N) is 1. The second kappa shape index (κ2) is 4.72. The van der Waals surface area contributed by atoms with E-state index in [1.807, 2.05) is 0 Å². The molecular formula is C9H7BrClNO3. The molecule has 0 heterocycles. The van der Waals surface area contributed by atoms with Gasteiger partial charge in [0, 0.05) is 10.5 Å². The van der Waals surface area contributed by atoms with Crippen molar-refractivity contribution in [2.45, 2.75) is 6.92 Å². The third kappa shape index (κ3) is 2.35. The minimum absolute atomic E-state index is 0.0735. The van der Waals surface area contributed by atoms with E-state index in [0.717, 1.165) is 0 Å². The molecule has 0 saturated carbocycles. The highest BCUT2D eigenvalue weighted by molar-refractivity contribution is 9.10. The zero-order valence-corrected chi connectivity index (χ0v) is 10.1. The number of carbonyl (C=O) groups excluding carboxylic acids is 1. The van der Waals surface area contributed by atoms with Gasteiger partial charge in [0.05, 0.1) is 10.8 Å². The molecule has 80 valence electrons. The van der Waals surface area contributed by atoms with Crippen LogP contribution in [0, 0.1) is 17.0 Å². The molecule has 0 aromatic heterocycles. The number of benzene rings is 1.